The highest BCUT2D eigenvalue weighted by molar-refractivity contribution is 6.34. The third kappa shape index (κ3) is 4.34. The number of benzene rings is 1. The zero-order valence-corrected chi connectivity index (χ0v) is 12.8. The van der Waals surface area contributed by atoms with Gasteiger partial charge in [-0.1, -0.05) is 50.9 Å². The van der Waals surface area contributed by atoms with Crippen LogP contribution in [0.4, 0.5) is 0 Å². The molecule has 1 aromatic rings. The van der Waals surface area contributed by atoms with Crippen LogP contribution in [0.2, 0.25) is 10.0 Å². The van der Waals surface area contributed by atoms with Gasteiger partial charge in [-0.25, -0.2) is 0 Å². The molecule has 0 aliphatic rings. The molecule has 1 aromatic carbocycles. The van der Waals surface area contributed by atoms with Crippen LogP contribution in [0.1, 0.15) is 34.1 Å². The second-order valence-electron chi connectivity index (χ2n) is 5.58. The van der Waals surface area contributed by atoms with Gasteiger partial charge in [-0.15, -0.1) is 0 Å². The van der Waals surface area contributed by atoms with Gasteiger partial charge in [0.15, 0.2) is 0 Å². The Balaban J connectivity index is 2.96. The van der Waals surface area contributed by atoms with E-state index in [-0.39, 0.29) is 17.6 Å². The molecule has 0 amide bonds. The van der Waals surface area contributed by atoms with E-state index in [1.165, 1.54) is 0 Å². The van der Waals surface area contributed by atoms with Crippen molar-refractivity contribution in [2.75, 3.05) is 0 Å². The van der Waals surface area contributed by atoms with Crippen molar-refractivity contribution in [2.45, 2.75) is 46.3 Å². The molecule has 2 nitrogen and oxygen atoms in total. The Labute approximate surface area is 119 Å². The molecule has 0 bridgehead atoms. The Morgan fingerprint density at radius 1 is 1.17 bits per heavy atom. The number of ether oxygens (including phenoxy) is 1. The molecule has 2 atom stereocenters. The van der Waals surface area contributed by atoms with Crippen LogP contribution >= 0.6 is 23.2 Å². The Hall–Kier alpha value is -0.440. The molecular formula is C14H21Cl2NO. The number of hydrogen-bond donors (Lipinski definition) is 1. The molecule has 0 aromatic heterocycles. The third-order valence-electron chi connectivity index (χ3n) is 2.81. The van der Waals surface area contributed by atoms with E-state index in [9.17, 15) is 0 Å². The van der Waals surface area contributed by atoms with Crippen LogP contribution in [-0.2, 0) is 0 Å². The quantitative estimate of drug-likeness (QED) is 0.884. The van der Waals surface area contributed by atoms with Gasteiger partial charge in [0.1, 0.15) is 11.9 Å². The fraction of sp³-hybridized carbons (Fsp3) is 0.571. The van der Waals surface area contributed by atoms with Gasteiger partial charge >= 0.3 is 0 Å². The number of halogens is 2. The second kappa shape index (κ2) is 6.14. The highest BCUT2D eigenvalue weighted by atomic mass is 35.5. The Bertz CT molecular complexity index is 381. The zero-order chi connectivity index (χ0) is 13.9. The van der Waals surface area contributed by atoms with Crippen LogP contribution < -0.4 is 10.5 Å². The first-order chi connectivity index (χ1) is 8.24. The summed E-state index contributed by atoms with van der Waals surface area (Å²) >= 11 is 11.9. The van der Waals surface area contributed by atoms with Crippen molar-refractivity contribution in [3.63, 3.8) is 0 Å². The molecule has 0 saturated carbocycles. The molecule has 4 heteroatoms. The number of rotatable bonds is 4. The SMILES string of the molecule is CCC(N)C(Oc1cc(Cl)cc(Cl)c1)C(C)(C)C. The average Bonchev–Trinajstić information content (AvgIpc) is 2.22. The van der Waals surface area contributed by atoms with Crippen molar-refractivity contribution in [2.24, 2.45) is 11.1 Å². The van der Waals surface area contributed by atoms with Crippen LogP contribution in [0, 0.1) is 5.41 Å². The molecule has 18 heavy (non-hydrogen) atoms. The lowest BCUT2D eigenvalue weighted by Crippen LogP contribution is -2.47. The van der Waals surface area contributed by atoms with Gasteiger partial charge in [-0.3, -0.25) is 0 Å². The number of nitrogens with two attached hydrogens (primary N) is 1. The van der Waals surface area contributed by atoms with Gasteiger partial charge < -0.3 is 10.5 Å². The monoisotopic (exact) mass is 289 g/mol. The maximum Gasteiger partial charge on any atom is 0.122 e. The predicted molar refractivity (Wildman–Crippen MR) is 78.6 cm³/mol. The van der Waals surface area contributed by atoms with Crippen LogP contribution in [0.25, 0.3) is 0 Å². The van der Waals surface area contributed by atoms with Crippen molar-refractivity contribution in [3.8, 4) is 5.75 Å². The summed E-state index contributed by atoms with van der Waals surface area (Å²) in [6, 6.07) is 5.17. The molecule has 102 valence electrons. The van der Waals surface area contributed by atoms with Crippen LogP contribution in [0.15, 0.2) is 18.2 Å². The van der Waals surface area contributed by atoms with Crippen molar-refractivity contribution in [1.29, 1.82) is 0 Å². The average molecular weight is 290 g/mol. The standard InChI is InChI=1S/C14H21Cl2NO/c1-5-12(17)13(14(2,3)4)18-11-7-9(15)6-10(16)8-11/h6-8,12-13H,5,17H2,1-4H3. The van der Waals surface area contributed by atoms with E-state index in [1.54, 1.807) is 18.2 Å². The molecule has 0 heterocycles. The normalized spacial score (nSPS) is 15.3. The Kier molecular flexibility index (Phi) is 5.32. The fourth-order valence-corrected chi connectivity index (χ4v) is 2.37. The summed E-state index contributed by atoms with van der Waals surface area (Å²) in [5.41, 5.74) is 6.08. The molecule has 0 aliphatic carbocycles. The minimum atomic E-state index is -0.0861. The highest BCUT2D eigenvalue weighted by Gasteiger charge is 2.31. The smallest absolute Gasteiger partial charge is 0.122 e. The van der Waals surface area contributed by atoms with Crippen molar-refractivity contribution in [3.05, 3.63) is 28.2 Å². The molecule has 2 unspecified atom stereocenters. The maximum atomic E-state index is 6.14. The van der Waals surface area contributed by atoms with Gasteiger partial charge in [0.2, 0.25) is 0 Å². The summed E-state index contributed by atoms with van der Waals surface area (Å²) in [5.74, 6) is 0.663. The lowest BCUT2D eigenvalue weighted by molar-refractivity contribution is 0.0622. The van der Waals surface area contributed by atoms with Crippen molar-refractivity contribution < 1.29 is 4.74 Å². The summed E-state index contributed by atoms with van der Waals surface area (Å²) in [5, 5.41) is 1.13. The van der Waals surface area contributed by atoms with Crippen molar-refractivity contribution >= 4 is 23.2 Å². The van der Waals surface area contributed by atoms with Gasteiger partial charge in [-0.2, -0.15) is 0 Å². The predicted octanol–water partition coefficient (Wildman–Crippen LogP) is 4.52. The Morgan fingerprint density at radius 3 is 2.06 bits per heavy atom. The Morgan fingerprint density at radius 2 is 1.67 bits per heavy atom. The second-order valence-corrected chi connectivity index (χ2v) is 6.45. The van der Waals surface area contributed by atoms with E-state index >= 15 is 0 Å². The lowest BCUT2D eigenvalue weighted by Gasteiger charge is -2.35. The van der Waals surface area contributed by atoms with Crippen LogP contribution in [0.5, 0.6) is 5.75 Å². The summed E-state index contributed by atoms with van der Waals surface area (Å²) in [6.07, 6.45) is 0.771. The zero-order valence-electron chi connectivity index (χ0n) is 11.3. The van der Waals surface area contributed by atoms with E-state index in [0.717, 1.165) is 6.42 Å². The minimum absolute atomic E-state index is 0.0252. The fourth-order valence-electron chi connectivity index (χ4n) is 1.86. The number of hydrogen-bond acceptors (Lipinski definition) is 2. The summed E-state index contributed by atoms with van der Waals surface area (Å²) < 4.78 is 6.00. The summed E-state index contributed by atoms with van der Waals surface area (Å²) in [6.45, 7) is 8.38. The molecule has 1 rings (SSSR count). The molecule has 0 spiro atoms. The van der Waals surface area contributed by atoms with Gasteiger partial charge in [0.25, 0.3) is 0 Å². The highest BCUT2D eigenvalue weighted by Crippen LogP contribution is 2.30. The first-order valence-electron chi connectivity index (χ1n) is 6.12. The molecule has 0 aliphatic heterocycles. The van der Waals surface area contributed by atoms with E-state index in [0.29, 0.717) is 15.8 Å². The van der Waals surface area contributed by atoms with Gasteiger partial charge in [-0.05, 0) is 24.6 Å². The molecule has 2 N–H and O–H groups in total. The summed E-state index contributed by atoms with van der Waals surface area (Å²) in [4.78, 5) is 0. The molecule has 0 saturated heterocycles. The topological polar surface area (TPSA) is 35.2 Å². The maximum absolute atomic E-state index is 6.14. The van der Waals surface area contributed by atoms with Crippen LogP contribution in [-0.4, -0.2) is 12.1 Å². The van der Waals surface area contributed by atoms with E-state index in [1.807, 2.05) is 0 Å². The first-order valence-corrected chi connectivity index (χ1v) is 6.88. The van der Waals surface area contributed by atoms with Gasteiger partial charge in [0, 0.05) is 21.5 Å². The molecular weight excluding hydrogens is 269 g/mol. The largest absolute Gasteiger partial charge is 0.488 e. The molecule has 0 fully saturated rings. The molecule has 0 radical (unpaired) electrons. The van der Waals surface area contributed by atoms with Crippen LogP contribution in [0.3, 0.4) is 0 Å². The van der Waals surface area contributed by atoms with Gasteiger partial charge in [0.05, 0.1) is 0 Å². The lowest BCUT2D eigenvalue weighted by atomic mass is 9.84. The van der Waals surface area contributed by atoms with Crippen molar-refractivity contribution in [1.82, 2.24) is 0 Å². The van der Waals surface area contributed by atoms with E-state index < -0.39 is 0 Å². The van der Waals surface area contributed by atoms with E-state index in [4.69, 9.17) is 33.7 Å². The summed E-state index contributed by atoms with van der Waals surface area (Å²) in [7, 11) is 0. The third-order valence-corrected chi connectivity index (χ3v) is 3.25. The minimum Gasteiger partial charge on any atom is -0.488 e. The van der Waals surface area contributed by atoms with E-state index in [2.05, 4.69) is 27.7 Å². The first kappa shape index (κ1) is 15.6.